The Morgan fingerprint density at radius 2 is 2.12 bits per heavy atom. The number of rotatable bonds is 6. The summed E-state index contributed by atoms with van der Waals surface area (Å²) < 4.78 is 0. The van der Waals surface area contributed by atoms with Crippen LogP contribution in [0.3, 0.4) is 0 Å². The predicted octanol–water partition coefficient (Wildman–Crippen LogP) is 2.02. The van der Waals surface area contributed by atoms with E-state index in [4.69, 9.17) is 0 Å². The fourth-order valence-electron chi connectivity index (χ4n) is 2.32. The lowest BCUT2D eigenvalue weighted by Gasteiger charge is -2.31. The molecule has 0 aliphatic heterocycles. The molecule has 1 amide bonds. The van der Waals surface area contributed by atoms with Gasteiger partial charge in [-0.25, -0.2) is 0 Å². The zero-order chi connectivity index (χ0) is 12.7. The van der Waals surface area contributed by atoms with Crippen LogP contribution >= 0.6 is 11.8 Å². The Morgan fingerprint density at radius 3 is 2.76 bits per heavy atom. The highest BCUT2D eigenvalue weighted by Gasteiger charge is 2.26. The highest BCUT2D eigenvalue weighted by molar-refractivity contribution is 7.99. The van der Waals surface area contributed by atoms with E-state index >= 15 is 0 Å². The minimum Gasteiger partial charge on any atom is -0.352 e. The first-order valence-electron chi connectivity index (χ1n) is 6.73. The molecule has 17 heavy (non-hydrogen) atoms. The van der Waals surface area contributed by atoms with Crippen molar-refractivity contribution in [1.82, 2.24) is 10.6 Å². The highest BCUT2D eigenvalue weighted by Crippen LogP contribution is 2.27. The van der Waals surface area contributed by atoms with Crippen LogP contribution < -0.4 is 10.6 Å². The summed E-state index contributed by atoms with van der Waals surface area (Å²) in [6.07, 6.45) is 7.10. The van der Waals surface area contributed by atoms with Gasteiger partial charge in [-0.15, -0.1) is 0 Å². The van der Waals surface area contributed by atoms with Gasteiger partial charge in [0.1, 0.15) is 0 Å². The molecule has 1 saturated carbocycles. The Bertz CT molecular complexity index is 235. The van der Waals surface area contributed by atoms with Crippen molar-refractivity contribution in [3.05, 3.63) is 0 Å². The van der Waals surface area contributed by atoms with Crippen molar-refractivity contribution >= 4 is 17.7 Å². The standard InChI is InChI=1S/C13H26N2OS/c1-4-14-9-10(2)13(16)15-11-7-5-6-8-12(11)17-3/h10-12,14H,4-9H2,1-3H3,(H,15,16). The lowest BCUT2D eigenvalue weighted by molar-refractivity contribution is -0.125. The SMILES string of the molecule is CCNCC(C)C(=O)NC1CCCCC1SC. The smallest absolute Gasteiger partial charge is 0.224 e. The van der Waals surface area contributed by atoms with Gasteiger partial charge >= 0.3 is 0 Å². The first kappa shape index (κ1) is 14.8. The van der Waals surface area contributed by atoms with E-state index in [1.54, 1.807) is 0 Å². The Hall–Kier alpha value is -0.220. The topological polar surface area (TPSA) is 41.1 Å². The molecule has 3 unspecified atom stereocenters. The van der Waals surface area contributed by atoms with Gasteiger partial charge < -0.3 is 10.6 Å². The Balaban J connectivity index is 2.37. The second kappa shape index (κ2) is 7.98. The van der Waals surface area contributed by atoms with Crippen LogP contribution in [0.1, 0.15) is 39.5 Å². The first-order valence-corrected chi connectivity index (χ1v) is 8.01. The maximum atomic E-state index is 12.0. The minimum atomic E-state index is 0.0689. The van der Waals surface area contributed by atoms with Crippen LogP contribution in [-0.2, 0) is 4.79 Å². The summed E-state index contributed by atoms with van der Waals surface area (Å²) in [6, 6.07) is 0.385. The number of thioether (sulfide) groups is 1. The first-order chi connectivity index (χ1) is 8.19. The van der Waals surface area contributed by atoms with Crippen molar-refractivity contribution in [2.24, 2.45) is 5.92 Å². The van der Waals surface area contributed by atoms with Gasteiger partial charge in [0.15, 0.2) is 0 Å². The van der Waals surface area contributed by atoms with Crippen molar-refractivity contribution in [2.75, 3.05) is 19.3 Å². The van der Waals surface area contributed by atoms with Gasteiger partial charge in [-0.3, -0.25) is 4.79 Å². The highest BCUT2D eigenvalue weighted by atomic mass is 32.2. The van der Waals surface area contributed by atoms with E-state index in [-0.39, 0.29) is 11.8 Å². The quantitative estimate of drug-likeness (QED) is 0.766. The molecule has 1 aliphatic rings. The number of nitrogens with one attached hydrogen (secondary N) is 2. The molecular formula is C13H26N2OS. The lowest BCUT2D eigenvalue weighted by Crippen LogP contribution is -2.47. The zero-order valence-corrected chi connectivity index (χ0v) is 12.1. The van der Waals surface area contributed by atoms with Gasteiger partial charge in [0.05, 0.1) is 0 Å². The number of hydrogen-bond acceptors (Lipinski definition) is 3. The molecule has 2 N–H and O–H groups in total. The molecule has 1 aliphatic carbocycles. The maximum absolute atomic E-state index is 12.0. The van der Waals surface area contributed by atoms with Gasteiger partial charge in [-0.2, -0.15) is 11.8 Å². The number of carbonyl (C=O) groups is 1. The van der Waals surface area contributed by atoms with Crippen molar-refractivity contribution in [1.29, 1.82) is 0 Å². The molecular weight excluding hydrogens is 232 g/mol. The molecule has 4 heteroatoms. The molecule has 3 atom stereocenters. The minimum absolute atomic E-state index is 0.0689. The van der Waals surface area contributed by atoms with Crippen LogP contribution in [0.4, 0.5) is 0 Å². The normalized spacial score (nSPS) is 26.5. The molecule has 0 aromatic rings. The molecule has 3 nitrogen and oxygen atoms in total. The molecule has 1 fully saturated rings. The maximum Gasteiger partial charge on any atom is 0.224 e. The molecule has 0 bridgehead atoms. The van der Waals surface area contributed by atoms with Crippen LogP contribution in [-0.4, -0.2) is 36.5 Å². The summed E-state index contributed by atoms with van der Waals surface area (Å²) in [7, 11) is 0. The summed E-state index contributed by atoms with van der Waals surface area (Å²) >= 11 is 1.90. The van der Waals surface area contributed by atoms with Gasteiger partial charge in [-0.05, 0) is 25.6 Å². The third kappa shape index (κ3) is 4.88. The van der Waals surface area contributed by atoms with Gasteiger partial charge in [-0.1, -0.05) is 26.7 Å². The van der Waals surface area contributed by atoms with Crippen molar-refractivity contribution in [3.63, 3.8) is 0 Å². The molecule has 0 spiro atoms. The predicted molar refractivity (Wildman–Crippen MR) is 75.4 cm³/mol. The summed E-state index contributed by atoms with van der Waals surface area (Å²) in [5, 5.41) is 7.06. The second-order valence-corrected chi connectivity index (χ2v) is 5.96. The second-order valence-electron chi connectivity index (χ2n) is 4.88. The average Bonchev–Trinajstić information content (AvgIpc) is 2.36. The monoisotopic (exact) mass is 258 g/mol. The van der Waals surface area contributed by atoms with Crippen LogP contribution in [0, 0.1) is 5.92 Å². The van der Waals surface area contributed by atoms with Crippen molar-refractivity contribution in [3.8, 4) is 0 Å². The van der Waals surface area contributed by atoms with Crippen molar-refractivity contribution < 1.29 is 4.79 Å². The van der Waals surface area contributed by atoms with Crippen LogP contribution in [0.15, 0.2) is 0 Å². The van der Waals surface area contributed by atoms with Crippen molar-refractivity contribution in [2.45, 2.75) is 50.8 Å². The molecule has 0 aromatic heterocycles. The fraction of sp³-hybridized carbons (Fsp3) is 0.923. The molecule has 0 aromatic carbocycles. The van der Waals surface area contributed by atoms with E-state index in [1.165, 1.54) is 19.3 Å². The lowest BCUT2D eigenvalue weighted by atomic mass is 9.94. The number of hydrogen-bond donors (Lipinski definition) is 2. The van der Waals surface area contributed by atoms with E-state index in [0.29, 0.717) is 11.3 Å². The molecule has 0 saturated heterocycles. The third-order valence-corrected chi connectivity index (χ3v) is 4.65. The van der Waals surface area contributed by atoms with Gasteiger partial charge in [0, 0.05) is 23.8 Å². The zero-order valence-electron chi connectivity index (χ0n) is 11.3. The van der Waals surface area contributed by atoms with Crippen LogP contribution in [0.25, 0.3) is 0 Å². The largest absolute Gasteiger partial charge is 0.352 e. The van der Waals surface area contributed by atoms with E-state index < -0.39 is 0 Å². The van der Waals surface area contributed by atoms with Crippen LogP contribution in [0.2, 0.25) is 0 Å². The summed E-state index contributed by atoms with van der Waals surface area (Å²) in [5.41, 5.74) is 0. The Morgan fingerprint density at radius 1 is 1.41 bits per heavy atom. The molecule has 100 valence electrons. The molecule has 0 heterocycles. The summed E-state index contributed by atoms with van der Waals surface area (Å²) in [4.78, 5) is 12.0. The van der Waals surface area contributed by atoms with Crippen LogP contribution in [0.5, 0.6) is 0 Å². The van der Waals surface area contributed by atoms with Gasteiger partial charge in [0.25, 0.3) is 0 Å². The van der Waals surface area contributed by atoms with E-state index in [2.05, 4.69) is 23.8 Å². The van der Waals surface area contributed by atoms with E-state index in [1.807, 2.05) is 18.7 Å². The molecule has 1 rings (SSSR count). The Kier molecular flexibility index (Phi) is 6.97. The average molecular weight is 258 g/mol. The van der Waals surface area contributed by atoms with E-state index in [0.717, 1.165) is 19.5 Å². The van der Waals surface area contributed by atoms with E-state index in [9.17, 15) is 4.79 Å². The summed E-state index contributed by atoms with van der Waals surface area (Å²) in [5.74, 6) is 0.274. The fourth-order valence-corrected chi connectivity index (χ4v) is 3.26. The number of amides is 1. The number of carbonyl (C=O) groups excluding carboxylic acids is 1. The molecule has 0 radical (unpaired) electrons. The van der Waals surface area contributed by atoms with Gasteiger partial charge in [0.2, 0.25) is 5.91 Å². The Labute approximate surface area is 109 Å². The third-order valence-electron chi connectivity index (χ3n) is 3.48. The summed E-state index contributed by atoms with van der Waals surface area (Å²) in [6.45, 7) is 5.76.